The number of benzene rings is 3. The summed E-state index contributed by atoms with van der Waals surface area (Å²) in [6.45, 7) is 8.45. The second kappa shape index (κ2) is 8.96. The Balaban J connectivity index is 1.39. The summed E-state index contributed by atoms with van der Waals surface area (Å²) in [5, 5.41) is 11.3. The fourth-order valence-electron chi connectivity index (χ4n) is 4.54. The number of hydrogen-bond donors (Lipinski definition) is 2. The van der Waals surface area contributed by atoms with Crippen LogP contribution in [0.15, 0.2) is 66.7 Å². The standard InChI is InChI=1S/C25H29N3O2/c1-18-14-27(16-20-7-11-23(12-8-20)25(29)26-30)15-19(2)28(18)17-21-9-10-22-5-3-4-6-24(22)13-21/h3-13,18-19,30H,14-17H2,1-2H3,(H,26,29)/t18-,19+. The van der Waals surface area contributed by atoms with Gasteiger partial charge in [-0.15, -0.1) is 0 Å². The number of piperazine rings is 1. The largest absolute Gasteiger partial charge is 0.296 e. The van der Waals surface area contributed by atoms with Crippen molar-refractivity contribution in [1.82, 2.24) is 15.3 Å². The van der Waals surface area contributed by atoms with Crippen LogP contribution in [0.25, 0.3) is 10.8 Å². The fraction of sp³-hybridized carbons (Fsp3) is 0.320. The Bertz CT molecular complexity index is 1010. The molecule has 156 valence electrons. The molecule has 1 aliphatic rings. The number of carbonyl (C=O) groups excluding carboxylic acids is 1. The molecule has 0 radical (unpaired) electrons. The van der Waals surface area contributed by atoms with Gasteiger partial charge in [0, 0.05) is 43.8 Å². The molecular weight excluding hydrogens is 374 g/mol. The van der Waals surface area contributed by atoms with E-state index in [-0.39, 0.29) is 0 Å². The predicted molar refractivity (Wildman–Crippen MR) is 119 cm³/mol. The minimum atomic E-state index is -0.480. The average Bonchev–Trinajstić information content (AvgIpc) is 2.76. The molecule has 5 nitrogen and oxygen atoms in total. The SMILES string of the molecule is C[C@@H]1CN(Cc2ccc(C(=O)NO)cc2)C[C@H](C)N1Cc1ccc2ccccc2c1. The van der Waals surface area contributed by atoms with Crippen LogP contribution in [-0.4, -0.2) is 46.1 Å². The highest BCUT2D eigenvalue weighted by molar-refractivity contribution is 5.93. The summed E-state index contributed by atoms with van der Waals surface area (Å²) in [5.41, 5.74) is 4.67. The Morgan fingerprint density at radius 2 is 1.53 bits per heavy atom. The average molecular weight is 404 g/mol. The molecule has 0 aromatic heterocycles. The van der Waals surface area contributed by atoms with Crippen LogP contribution in [0.1, 0.15) is 35.3 Å². The monoisotopic (exact) mass is 403 g/mol. The van der Waals surface area contributed by atoms with Crippen LogP contribution in [0.2, 0.25) is 0 Å². The number of fused-ring (bicyclic) bond motifs is 1. The molecule has 5 heteroatoms. The van der Waals surface area contributed by atoms with Crippen LogP contribution in [0.3, 0.4) is 0 Å². The number of nitrogens with one attached hydrogen (secondary N) is 1. The van der Waals surface area contributed by atoms with Gasteiger partial charge >= 0.3 is 0 Å². The van der Waals surface area contributed by atoms with Gasteiger partial charge < -0.3 is 0 Å². The Morgan fingerprint density at radius 3 is 2.20 bits per heavy atom. The van der Waals surface area contributed by atoms with E-state index in [2.05, 4.69) is 66.1 Å². The minimum Gasteiger partial charge on any atom is -0.296 e. The Labute approximate surface area is 177 Å². The molecule has 1 fully saturated rings. The second-order valence-corrected chi connectivity index (χ2v) is 8.38. The van der Waals surface area contributed by atoms with Gasteiger partial charge in [0.15, 0.2) is 0 Å². The lowest BCUT2D eigenvalue weighted by molar-refractivity contribution is 0.0290. The predicted octanol–water partition coefficient (Wildman–Crippen LogP) is 4.05. The molecule has 1 saturated heterocycles. The van der Waals surface area contributed by atoms with Crippen LogP contribution in [-0.2, 0) is 13.1 Å². The Morgan fingerprint density at radius 1 is 0.900 bits per heavy atom. The van der Waals surface area contributed by atoms with E-state index >= 15 is 0 Å². The van der Waals surface area contributed by atoms with Crippen LogP contribution >= 0.6 is 0 Å². The third-order valence-electron chi connectivity index (χ3n) is 6.08. The summed E-state index contributed by atoms with van der Waals surface area (Å²) in [7, 11) is 0. The molecule has 2 atom stereocenters. The quantitative estimate of drug-likeness (QED) is 0.498. The van der Waals surface area contributed by atoms with Crippen molar-refractivity contribution in [3.05, 3.63) is 83.4 Å². The maximum absolute atomic E-state index is 11.5. The summed E-state index contributed by atoms with van der Waals surface area (Å²) in [4.78, 5) is 16.6. The summed E-state index contributed by atoms with van der Waals surface area (Å²) < 4.78 is 0. The Kier molecular flexibility index (Phi) is 6.13. The smallest absolute Gasteiger partial charge is 0.274 e. The fourth-order valence-corrected chi connectivity index (χ4v) is 4.54. The zero-order chi connectivity index (χ0) is 21.1. The minimum absolute atomic E-state index is 0.458. The van der Waals surface area contributed by atoms with E-state index in [9.17, 15) is 4.79 Å². The highest BCUT2D eigenvalue weighted by Gasteiger charge is 2.29. The van der Waals surface area contributed by atoms with Gasteiger partial charge in [-0.1, -0.05) is 48.5 Å². The van der Waals surface area contributed by atoms with E-state index in [1.165, 1.54) is 21.9 Å². The van der Waals surface area contributed by atoms with E-state index in [1.807, 2.05) is 12.1 Å². The first kappa shape index (κ1) is 20.5. The molecule has 3 aromatic carbocycles. The molecule has 0 aliphatic carbocycles. The summed E-state index contributed by atoms with van der Waals surface area (Å²) in [6, 6.07) is 23.6. The molecule has 0 spiro atoms. The van der Waals surface area contributed by atoms with E-state index in [0.717, 1.165) is 26.2 Å². The normalized spacial score (nSPS) is 20.4. The van der Waals surface area contributed by atoms with Crippen molar-refractivity contribution < 1.29 is 10.0 Å². The number of carbonyl (C=O) groups is 1. The van der Waals surface area contributed by atoms with Crippen LogP contribution in [0, 0.1) is 0 Å². The van der Waals surface area contributed by atoms with E-state index in [1.54, 1.807) is 17.6 Å². The van der Waals surface area contributed by atoms with Gasteiger partial charge in [-0.3, -0.25) is 19.8 Å². The molecule has 3 aromatic rings. The van der Waals surface area contributed by atoms with Crippen LogP contribution < -0.4 is 5.48 Å². The highest BCUT2D eigenvalue weighted by atomic mass is 16.5. The third kappa shape index (κ3) is 4.54. The first-order valence-electron chi connectivity index (χ1n) is 10.5. The molecule has 1 aliphatic heterocycles. The third-order valence-corrected chi connectivity index (χ3v) is 6.08. The van der Waals surface area contributed by atoms with Gasteiger partial charge in [-0.25, -0.2) is 5.48 Å². The zero-order valence-corrected chi connectivity index (χ0v) is 17.6. The van der Waals surface area contributed by atoms with Gasteiger partial charge in [0.1, 0.15) is 0 Å². The van der Waals surface area contributed by atoms with Gasteiger partial charge in [0.05, 0.1) is 0 Å². The molecule has 0 bridgehead atoms. The topological polar surface area (TPSA) is 55.8 Å². The maximum Gasteiger partial charge on any atom is 0.274 e. The van der Waals surface area contributed by atoms with Gasteiger partial charge in [-0.2, -0.15) is 0 Å². The molecular formula is C25H29N3O2. The van der Waals surface area contributed by atoms with Crippen LogP contribution in [0.5, 0.6) is 0 Å². The van der Waals surface area contributed by atoms with E-state index in [0.29, 0.717) is 17.6 Å². The van der Waals surface area contributed by atoms with Crippen molar-refractivity contribution in [2.45, 2.75) is 39.0 Å². The zero-order valence-electron chi connectivity index (χ0n) is 17.6. The van der Waals surface area contributed by atoms with E-state index in [4.69, 9.17) is 5.21 Å². The van der Waals surface area contributed by atoms with Gasteiger partial charge in [0.2, 0.25) is 0 Å². The van der Waals surface area contributed by atoms with Crippen molar-refractivity contribution in [3.63, 3.8) is 0 Å². The Hall–Kier alpha value is -2.73. The highest BCUT2D eigenvalue weighted by Crippen LogP contribution is 2.23. The van der Waals surface area contributed by atoms with Crippen molar-refractivity contribution in [3.8, 4) is 0 Å². The van der Waals surface area contributed by atoms with Crippen molar-refractivity contribution in [2.24, 2.45) is 0 Å². The lowest BCUT2D eigenvalue weighted by Gasteiger charge is -2.44. The molecule has 4 rings (SSSR count). The maximum atomic E-state index is 11.5. The summed E-state index contributed by atoms with van der Waals surface area (Å²) >= 11 is 0. The van der Waals surface area contributed by atoms with Gasteiger partial charge in [0.25, 0.3) is 5.91 Å². The first-order chi connectivity index (χ1) is 14.5. The number of hydroxylamine groups is 1. The lowest BCUT2D eigenvalue weighted by Crippen LogP contribution is -2.55. The molecule has 1 heterocycles. The molecule has 0 saturated carbocycles. The summed E-state index contributed by atoms with van der Waals surface area (Å²) in [6.07, 6.45) is 0. The second-order valence-electron chi connectivity index (χ2n) is 8.38. The number of hydrogen-bond acceptors (Lipinski definition) is 4. The number of nitrogens with zero attached hydrogens (tertiary/aromatic N) is 2. The first-order valence-corrected chi connectivity index (χ1v) is 10.5. The molecule has 0 unspecified atom stereocenters. The lowest BCUT2D eigenvalue weighted by atomic mass is 10.0. The number of rotatable bonds is 5. The van der Waals surface area contributed by atoms with E-state index < -0.39 is 5.91 Å². The van der Waals surface area contributed by atoms with Gasteiger partial charge in [-0.05, 0) is 53.9 Å². The molecule has 30 heavy (non-hydrogen) atoms. The molecule has 1 amide bonds. The number of amides is 1. The molecule has 2 N–H and O–H groups in total. The van der Waals surface area contributed by atoms with Crippen molar-refractivity contribution in [2.75, 3.05) is 13.1 Å². The van der Waals surface area contributed by atoms with Crippen molar-refractivity contribution in [1.29, 1.82) is 0 Å². The van der Waals surface area contributed by atoms with Crippen LogP contribution in [0.4, 0.5) is 0 Å². The van der Waals surface area contributed by atoms with Crippen molar-refractivity contribution >= 4 is 16.7 Å². The summed E-state index contributed by atoms with van der Waals surface area (Å²) in [5.74, 6) is -0.480.